The Labute approximate surface area is 78.7 Å². The summed E-state index contributed by atoms with van der Waals surface area (Å²) >= 11 is 0. The molecule has 0 amide bonds. The molecule has 68 valence electrons. The van der Waals surface area contributed by atoms with Crippen molar-refractivity contribution in [2.75, 3.05) is 0 Å². The molecule has 13 heavy (non-hydrogen) atoms. The van der Waals surface area contributed by atoms with Gasteiger partial charge in [-0.25, -0.2) is 0 Å². The molecule has 1 aromatic rings. The molecule has 2 heterocycles. The zero-order valence-electron chi connectivity index (χ0n) is 8.33. The molecule has 0 atom stereocenters. The average Bonchev–Trinajstić information content (AvgIpc) is 2.48. The molecule has 2 heteroatoms. The second-order valence-electron chi connectivity index (χ2n) is 4.42. The van der Waals surface area contributed by atoms with Gasteiger partial charge in [0.2, 0.25) is 0 Å². The summed E-state index contributed by atoms with van der Waals surface area (Å²) < 4.78 is 0. The van der Waals surface area contributed by atoms with E-state index in [0.717, 1.165) is 17.8 Å². The van der Waals surface area contributed by atoms with Crippen molar-refractivity contribution >= 4 is 11.9 Å². The van der Waals surface area contributed by atoms with Crippen LogP contribution < -0.4 is 0 Å². The zero-order chi connectivity index (χ0) is 9.47. The minimum atomic E-state index is 0.161. The highest BCUT2D eigenvalue weighted by Gasteiger charge is 2.21. The SMILES string of the molecule is CC(C)(C)c1ccnc2c1N=CC2. The lowest BCUT2D eigenvalue weighted by molar-refractivity contribution is 0.590. The van der Waals surface area contributed by atoms with Crippen LogP contribution in [0.1, 0.15) is 32.0 Å². The Balaban J connectivity index is 2.59. The molecule has 0 bridgehead atoms. The fourth-order valence-corrected chi connectivity index (χ4v) is 1.62. The lowest BCUT2D eigenvalue weighted by atomic mass is 9.86. The number of hydrogen-bond donors (Lipinski definition) is 0. The van der Waals surface area contributed by atoms with Crippen LogP contribution in [0.2, 0.25) is 0 Å². The lowest BCUT2D eigenvalue weighted by Gasteiger charge is -2.20. The molecule has 1 aliphatic heterocycles. The molecule has 0 saturated carbocycles. The molecule has 0 saturated heterocycles. The second kappa shape index (κ2) is 2.66. The van der Waals surface area contributed by atoms with Crippen molar-refractivity contribution < 1.29 is 0 Å². The van der Waals surface area contributed by atoms with Crippen molar-refractivity contribution in [3.63, 3.8) is 0 Å². The molecule has 0 unspecified atom stereocenters. The van der Waals surface area contributed by atoms with Gasteiger partial charge >= 0.3 is 0 Å². The third-order valence-electron chi connectivity index (χ3n) is 2.31. The van der Waals surface area contributed by atoms with Gasteiger partial charge in [0.15, 0.2) is 0 Å². The first-order valence-electron chi connectivity index (χ1n) is 4.60. The molecular formula is C11H14N2. The largest absolute Gasteiger partial charge is 0.259 e. The van der Waals surface area contributed by atoms with Crippen LogP contribution in [0, 0.1) is 0 Å². The van der Waals surface area contributed by atoms with Crippen LogP contribution in [0.5, 0.6) is 0 Å². The van der Waals surface area contributed by atoms with E-state index in [2.05, 4.69) is 36.8 Å². The Kier molecular flexibility index (Phi) is 1.72. The smallest absolute Gasteiger partial charge is 0.0882 e. The van der Waals surface area contributed by atoms with Gasteiger partial charge in [0, 0.05) is 18.8 Å². The van der Waals surface area contributed by atoms with E-state index in [4.69, 9.17) is 0 Å². The minimum absolute atomic E-state index is 0.161. The molecular weight excluding hydrogens is 160 g/mol. The Hall–Kier alpha value is -1.18. The van der Waals surface area contributed by atoms with Gasteiger partial charge < -0.3 is 0 Å². The van der Waals surface area contributed by atoms with E-state index in [9.17, 15) is 0 Å². The van der Waals surface area contributed by atoms with E-state index in [-0.39, 0.29) is 5.41 Å². The third-order valence-corrected chi connectivity index (χ3v) is 2.31. The summed E-state index contributed by atoms with van der Waals surface area (Å²) in [6.45, 7) is 6.61. The Bertz CT molecular complexity index is 359. The first kappa shape index (κ1) is 8.42. The predicted octanol–water partition coefficient (Wildman–Crippen LogP) is 2.64. The predicted molar refractivity (Wildman–Crippen MR) is 54.8 cm³/mol. The number of aliphatic imine (C=N–C) groups is 1. The lowest BCUT2D eigenvalue weighted by Crippen LogP contribution is -2.11. The molecule has 1 aliphatic rings. The standard InChI is InChI=1S/C11H14N2/c1-11(2,3)8-4-6-12-9-5-7-13-10(8)9/h4,6-7H,5H2,1-3H3. The summed E-state index contributed by atoms with van der Waals surface area (Å²) in [6.07, 6.45) is 4.71. The number of rotatable bonds is 0. The second-order valence-corrected chi connectivity index (χ2v) is 4.42. The fraction of sp³-hybridized carbons (Fsp3) is 0.455. The number of fused-ring (bicyclic) bond motifs is 1. The van der Waals surface area contributed by atoms with Crippen LogP contribution >= 0.6 is 0 Å². The summed E-state index contributed by atoms with van der Waals surface area (Å²) in [5.41, 5.74) is 3.67. The fourth-order valence-electron chi connectivity index (χ4n) is 1.62. The highest BCUT2D eigenvalue weighted by Crippen LogP contribution is 2.34. The molecule has 0 fully saturated rings. The van der Waals surface area contributed by atoms with Crippen LogP contribution in [0.15, 0.2) is 17.3 Å². The number of pyridine rings is 1. The van der Waals surface area contributed by atoms with Crippen molar-refractivity contribution in [3.8, 4) is 0 Å². The Morgan fingerprint density at radius 2 is 2.08 bits per heavy atom. The first-order valence-corrected chi connectivity index (χ1v) is 4.60. The van der Waals surface area contributed by atoms with E-state index in [1.54, 1.807) is 0 Å². The van der Waals surface area contributed by atoms with Gasteiger partial charge in [-0.2, -0.15) is 0 Å². The van der Waals surface area contributed by atoms with Gasteiger partial charge in [-0.1, -0.05) is 20.8 Å². The molecule has 2 nitrogen and oxygen atoms in total. The van der Waals surface area contributed by atoms with Gasteiger partial charge in [0.1, 0.15) is 0 Å². The number of hydrogen-bond acceptors (Lipinski definition) is 2. The molecule has 2 rings (SSSR count). The summed E-state index contributed by atoms with van der Waals surface area (Å²) in [4.78, 5) is 8.69. The van der Waals surface area contributed by atoms with E-state index >= 15 is 0 Å². The van der Waals surface area contributed by atoms with E-state index < -0.39 is 0 Å². The normalized spacial score (nSPS) is 14.7. The highest BCUT2D eigenvalue weighted by atomic mass is 14.8. The highest BCUT2D eigenvalue weighted by molar-refractivity contribution is 5.76. The maximum atomic E-state index is 4.38. The molecule has 1 aromatic heterocycles. The van der Waals surface area contributed by atoms with Crippen molar-refractivity contribution in [2.45, 2.75) is 32.6 Å². The van der Waals surface area contributed by atoms with Crippen LogP contribution in [-0.4, -0.2) is 11.2 Å². The molecule has 0 aromatic carbocycles. The number of aromatic nitrogens is 1. The minimum Gasteiger partial charge on any atom is -0.259 e. The summed E-state index contributed by atoms with van der Waals surface area (Å²) in [5.74, 6) is 0. The topological polar surface area (TPSA) is 25.2 Å². The summed E-state index contributed by atoms with van der Waals surface area (Å²) in [5, 5.41) is 0. The van der Waals surface area contributed by atoms with Crippen LogP contribution in [0.25, 0.3) is 0 Å². The Morgan fingerprint density at radius 3 is 2.77 bits per heavy atom. The monoisotopic (exact) mass is 174 g/mol. The van der Waals surface area contributed by atoms with E-state index in [0.29, 0.717) is 0 Å². The van der Waals surface area contributed by atoms with Crippen molar-refractivity contribution in [1.82, 2.24) is 4.98 Å². The van der Waals surface area contributed by atoms with Gasteiger partial charge in [-0.05, 0) is 17.0 Å². The molecule has 0 N–H and O–H groups in total. The number of nitrogens with zero attached hydrogens (tertiary/aromatic N) is 2. The van der Waals surface area contributed by atoms with Crippen LogP contribution in [0.3, 0.4) is 0 Å². The summed E-state index contributed by atoms with van der Waals surface area (Å²) in [6, 6.07) is 2.07. The maximum absolute atomic E-state index is 4.38. The van der Waals surface area contributed by atoms with Crippen LogP contribution in [0.4, 0.5) is 5.69 Å². The van der Waals surface area contributed by atoms with Crippen molar-refractivity contribution in [3.05, 3.63) is 23.5 Å². The van der Waals surface area contributed by atoms with Crippen LogP contribution in [-0.2, 0) is 11.8 Å². The maximum Gasteiger partial charge on any atom is 0.0882 e. The van der Waals surface area contributed by atoms with Crippen molar-refractivity contribution in [2.24, 2.45) is 4.99 Å². The average molecular weight is 174 g/mol. The van der Waals surface area contributed by atoms with Gasteiger partial charge in [-0.15, -0.1) is 0 Å². The molecule has 0 radical (unpaired) electrons. The molecule has 0 spiro atoms. The first-order chi connectivity index (χ1) is 6.09. The third kappa shape index (κ3) is 1.37. The van der Waals surface area contributed by atoms with Gasteiger partial charge in [-0.3, -0.25) is 9.98 Å². The van der Waals surface area contributed by atoms with Gasteiger partial charge in [0.05, 0.1) is 11.4 Å². The summed E-state index contributed by atoms with van der Waals surface area (Å²) in [7, 11) is 0. The zero-order valence-corrected chi connectivity index (χ0v) is 8.33. The quantitative estimate of drug-likeness (QED) is 0.593. The van der Waals surface area contributed by atoms with Crippen molar-refractivity contribution in [1.29, 1.82) is 0 Å². The Morgan fingerprint density at radius 1 is 1.31 bits per heavy atom. The van der Waals surface area contributed by atoms with E-state index in [1.807, 2.05) is 12.4 Å². The van der Waals surface area contributed by atoms with E-state index in [1.165, 1.54) is 5.56 Å². The molecule has 0 aliphatic carbocycles. The van der Waals surface area contributed by atoms with Gasteiger partial charge in [0.25, 0.3) is 0 Å².